The van der Waals surface area contributed by atoms with Crippen molar-refractivity contribution in [2.24, 2.45) is 0 Å². The molecule has 0 saturated carbocycles. The molecule has 0 unspecified atom stereocenters. The molecule has 0 fully saturated rings. The van der Waals surface area contributed by atoms with Crippen molar-refractivity contribution in [3.05, 3.63) is 106 Å². The first kappa shape index (κ1) is 21.0. The number of nitrogens with zero attached hydrogens (tertiary/aromatic N) is 1. The summed E-state index contributed by atoms with van der Waals surface area (Å²) in [5.41, 5.74) is 3.85. The third-order valence-corrected chi connectivity index (χ3v) is 5.07. The highest BCUT2D eigenvalue weighted by Crippen LogP contribution is 2.25. The fourth-order valence-corrected chi connectivity index (χ4v) is 3.26. The molecule has 0 aliphatic heterocycles. The van der Waals surface area contributed by atoms with Crippen LogP contribution in [0.3, 0.4) is 0 Å². The maximum absolute atomic E-state index is 13.0. The van der Waals surface area contributed by atoms with Crippen molar-refractivity contribution in [2.45, 2.75) is 13.5 Å². The summed E-state index contributed by atoms with van der Waals surface area (Å²) in [6, 6.07) is 24.8. The van der Waals surface area contributed by atoms with Crippen molar-refractivity contribution in [1.29, 1.82) is 0 Å². The van der Waals surface area contributed by atoms with Gasteiger partial charge in [-0.3, -0.25) is 0 Å². The predicted octanol–water partition coefficient (Wildman–Crippen LogP) is 7.13. The Morgan fingerprint density at radius 1 is 0.931 bits per heavy atom. The highest BCUT2D eigenvalue weighted by atomic mass is 35.5. The summed E-state index contributed by atoms with van der Waals surface area (Å²) in [5.74, 6) is 0. The van der Waals surface area contributed by atoms with Gasteiger partial charge in [0.1, 0.15) is 0 Å². The van der Waals surface area contributed by atoms with E-state index in [0.29, 0.717) is 28.8 Å². The molecule has 148 valence electrons. The Labute approximate surface area is 181 Å². The second-order valence-corrected chi connectivity index (χ2v) is 7.62. The number of urea groups is 1. The van der Waals surface area contributed by atoms with Gasteiger partial charge in [-0.2, -0.15) is 0 Å². The van der Waals surface area contributed by atoms with E-state index in [1.165, 1.54) is 0 Å². The van der Waals surface area contributed by atoms with Crippen LogP contribution in [0, 0.1) is 0 Å². The minimum atomic E-state index is -0.201. The SMILES string of the molecule is CC(=Cc1ccccc1)CN(Cc1ccccc1)C(=O)Nc1ccc(Cl)c(Cl)c1. The third kappa shape index (κ3) is 6.38. The van der Waals surface area contributed by atoms with Gasteiger partial charge in [0.2, 0.25) is 0 Å². The molecule has 3 rings (SSSR count). The third-order valence-electron chi connectivity index (χ3n) is 4.33. The molecule has 1 N–H and O–H groups in total. The van der Waals surface area contributed by atoms with E-state index in [-0.39, 0.29) is 6.03 Å². The Bertz CT molecular complexity index is 988. The fourth-order valence-electron chi connectivity index (χ4n) is 2.96. The van der Waals surface area contributed by atoms with Gasteiger partial charge in [0.25, 0.3) is 0 Å². The molecule has 0 bridgehead atoms. The van der Waals surface area contributed by atoms with Crippen LogP contribution >= 0.6 is 23.2 Å². The maximum atomic E-state index is 13.0. The second-order valence-electron chi connectivity index (χ2n) is 6.80. The minimum absolute atomic E-state index is 0.201. The Morgan fingerprint density at radius 3 is 2.24 bits per heavy atom. The van der Waals surface area contributed by atoms with E-state index in [1.807, 2.05) is 67.6 Å². The predicted molar refractivity (Wildman–Crippen MR) is 122 cm³/mol. The van der Waals surface area contributed by atoms with Gasteiger partial charge in [0, 0.05) is 18.8 Å². The lowest BCUT2D eigenvalue weighted by Gasteiger charge is -2.24. The largest absolute Gasteiger partial charge is 0.322 e. The van der Waals surface area contributed by atoms with E-state index >= 15 is 0 Å². The molecule has 0 saturated heterocycles. The quantitative estimate of drug-likeness (QED) is 0.448. The van der Waals surface area contributed by atoms with Crippen LogP contribution in [0.15, 0.2) is 84.4 Å². The van der Waals surface area contributed by atoms with Gasteiger partial charge < -0.3 is 10.2 Å². The van der Waals surface area contributed by atoms with Crippen LogP contribution in [0.4, 0.5) is 10.5 Å². The minimum Gasteiger partial charge on any atom is -0.316 e. The number of carbonyl (C=O) groups excluding carboxylic acids is 1. The van der Waals surface area contributed by atoms with Gasteiger partial charge in [-0.25, -0.2) is 4.79 Å². The molecule has 0 spiro atoms. The van der Waals surface area contributed by atoms with Crippen molar-refractivity contribution >= 4 is 41.0 Å². The van der Waals surface area contributed by atoms with Crippen molar-refractivity contribution in [2.75, 3.05) is 11.9 Å². The van der Waals surface area contributed by atoms with E-state index in [4.69, 9.17) is 23.2 Å². The molecule has 0 heterocycles. The fraction of sp³-hybridized carbons (Fsp3) is 0.125. The summed E-state index contributed by atoms with van der Waals surface area (Å²) >= 11 is 12.0. The van der Waals surface area contributed by atoms with Gasteiger partial charge in [0.15, 0.2) is 0 Å². The number of hydrogen-bond donors (Lipinski definition) is 1. The van der Waals surface area contributed by atoms with Crippen molar-refractivity contribution in [3.63, 3.8) is 0 Å². The van der Waals surface area contributed by atoms with Crippen molar-refractivity contribution < 1.29 is 4.79 Å². The summed E-state index contributed by atoms with van der Waals surface area (Å²) in [5, 5.41) is 3.77. The average Bonchev–Trinajstić information content (AvgIpc) is 2.72. The normalized spacial score (nSPS) is 11.2. The number of halogens is 2. The molecule has 0 aliphatic rings. The monoisotopic (exact) mass is 424 g/mol. The average molecular weight is 425 g/mol. The Morgan fingerprint density at radius 2 is 1.59 bits per heavy atom. The molecule has 0 radical (unpaired) electrons. The highest BCUT2D eigenvalue weighted by molar-refractivity contribution is 6.42. The van der Waals surface area contributed by atoms with E-state index < -0.39 is 0 Å². The first-order valence-corrected chi connectivity index (χ1v) is 10.0. The topological polar surface area (TPSA) is 32.3 Å². The standard InChI is InChI=1S/C24H22Cl2N2O/c1-18(14-19-8-4-2-5-9-19)16-28(17-20-10-6-3-7-11-20)24(29)27-21-12-13-22(25)23(26)15-21/h2-15H,16-17H2,1H3,(H,27,29). The van der Waals surface area contributed by atoms with Crippen LogP contribution in [0.5, 0.6) is 0 Å². The van der Waals surface area contributed by atoms with Gasteiger partial charge >= 0.3 is 6.03 Å². The molecule has 0 aliphatic carbocycles. The molecule has 5 heteroatoms. The van der Waals surface area contributed by atoms with E-state index in [0.717, 1.165) is 16.7 Å². The summed E-state index contributed by atoms with van der Waals surface area (Å²) in [7, 11) is 0. The summed E-state index contributed by atoms with van der Waals surface area (Å²) in [6.45, 7) is 3.02. The van der Waals surface area contributed by atoms with Crippen LogP contribution in [0.2, 0.25) is 10.0 Å². The van der Waals surface area contributed by atoms with E-state index in [1.54, 1.807) is 23.1 Å². The van der Waals surface area contributed by atoms with E-state index in [2.05, 4.69) is 11.4 Å². The van der Waals surface area contributed by atoms with E-state index in [9.17, 15) is 4.79 Å². The van der Waals surface area contributed by atoms with Crippen LogP contribution in [-0.2, 0) is 6.54 Å². The van der Waals surface area contributed by atoms with Crippen LogP contribution in [0.1, 0.15) is 18.1 Å². The summed E-state index contributed by atoms with van der Waals surface area (Å²) < 4.78 is 0. The first-order chi connectivity index (χ1) is 14.0. The number of anilines is 1. The Balaban J connectivity index is 1.78. The van der Waals surface area contributed by atoms with Crippen LogP contribution in [0.25, 0.3) is 6.08 Å². The summed E-state index contributed by atoms with van der Waals surface area (Å²) in [4.78, 5) is 14.8. The molecule has 3 nitrogen and oxygen atoms in total. The molecule has 3 aromatic carbocycles. The number of rotatable bonds is 6. The molecular formula is C24H22Cl2N2O. The van der Waals surface area contributed by atoms with Crippen LogP contribution < -0.4 is 5.32 Å². The van der Waals surface area contributed by atoms with Crippen LogP contribution in [-0.4, -0.2) is 17.5 Å². The van der Waals surface area contributed by atoms with Gasteiger partial charge in [-0.1, -0.05) is 95.5 Å². The number of hydrogen-bond acceptors (Lipinski definition) is 1. The van der Waals surface area contributed by atoms with Gasteiger partial charge in [0.05, 0.1) is 10.0 Å². The lowest BCUT2D eigenvalue weighted by molar-refractivity contribution is 0.214. The Hall–Kier alpha value is -2.75. The smallest absolute Gasteiger partial charge is 0.316 e. The number of amides is 2. The van der Waals surface area contributed by atoms with Gasteiger partial charge in [-0.05, 0) is 36.2 Å². The molecule has 2 amide bonds. The highest BCUT2D eigenvalue weighted by Gasteiger charge is 2.15. The van der Waals surface area contributed by atoms with Gasteiger partial charge in [-0.15, -0.1) is 0 Å². The lowest BCUT2D eigenvalue weighted by atomic mass is 10.1. The molecule has 29 heavy (non-hydrogen) atoms. The molecule has 3 aromatic rings. The zero-order chi connectivity index (χ0) is 20.6. The van der Waals surface area contributed by atoms with Crippen molar-refractivity contribution in [3.8, 4) is 0 Å². The molecule has 0 aromatic heterocycles. The second kappa shape index (κ2) is 10.1. The zero-order valence-electron chi connectivity index (χ0n) is 16.1. The number of benzene rings is 3. The Kier molecular flexibility index (Phi) is 7.34. The first-order valence-electron chi connectivity index (χ1n) is 9.28. The molecule has 0 atom stereocenters. The lowest BCUT2D eigenvalue weighted by Crippen LogP contribution is -2.35. The van der Waals surface area contributed by atoms with Crippen molar-refractivity contribution in [1.82, 2.24) is 4.90 Å². The maximum Gasteiger partial charge on any atom is 0.322 e. The zero-order valence-corrected chi connectivity index (χ0v) is 17.6. The number of carbonyl (C=O) groups is 1. The summed E-state index contributed by atoms with van der Waals surface area (Å²) in [6.07, 6.45) is 2.09. The molecular weight excluding hydrogens is 403 g/mol. The number of nitrogens with one attached hydrogen (secondary N) is 1.